The second-order valence-electron chi connectivity index (χ2n) is 6.45. The average molecular weight is 392 g/mol. The molecule has 27 heavy (non-hydrogen) atoms. The Bertz CT molecular complexity index is 1060. The molecule has 3 heterocycles. The normalized spacial score (nSPS) is 15.1. The number of rotatable bonds is 6. The molecule has 1 aliphatic heterocycles. The highest BCUT2D eigenvalue weighted by molar-refractivity contribution is 7.89. The largest absolute Gasteiger partial charge is 0.364 e. The number of pyridine rings is 1. The molecule has 2 N–H and O–H groups in total. The summed E-state index contributed by atoms with van der Waals surface area (Å²) in [5.41, 5.74) is 5.12. The van der Waals surface area contributed by atoms with E-state index in [4.69, 9.17) is 5.73 Å². The first-order valence-electron chi connectivity index (χ1n) is 8.40. The predicted molar refractivity (Wildman–Crippen MR) is 97.0 cm³/mol. The van der Waals surface area contributed by atoms with Crippen LogP contribution >= 0.6 is 0 Å². The zero-order valence-electron chi connectivity index (χ0n) is 14.8. The number of amides is 1. The van der Waals surface area contributed by atoms with E-state index in [-0.39, 0.29) is 22.7 Å². The van der Waals surface area contributed by atoms with Crippen molar-refractivity contribution in [1.82, 2.24) is 13.4 Å². The standard InChI is InChI=1S/C17H20N4O5S/c1-19-9-12(8-14(19)17(18)24)15(22)11-20-10-13(4-5-16(20)23)27(25,26)21-6-2-3-7-21/h4-5,8-10H,2-3,6-7,11H2,1H3,(H2,18,24). The topological polar surface area (TPSA) is 124 Å². The molecule has 2 aromatic rings. The number of hydrogen-bond acceptors (Lipinski definition) is 5. The van der Waals surface area contributed by atoms with Gasteiger partial charge < -0.3 is 14.9 Å². The Kier molecular flexibility index (Phi) is 5.03. The molecule has 1 fully saturated rings. The van der Waals surface area contributed by atoms with E-state index in [0.717, 1.165) is 23.5 Å². The number of primary amides is 1. The summed E-state index contributed by atoms with van der Waals surface area (Å²) in [4.78, 5) is 35.9. The zero-order chi connectivity index (χ0) is 19.8. The van der Waals surface area contributed by atoms with Gasteiger partial charge in [-0.3, -0.25) is 14.4 Å². The van der Waals surface area contributed by atoms with Gasteiger partial charge in [-0.2, -0.15) is 4.31 Å². The molecular formula is C17H20N4O5S. The molecule has 3 rings (SSSR count). The predicted octanol–water partition coefficient (Wildman–Crippen LogP) is -0.0469. The highest BCUT2D eigenvalue weighted by Crippen LogP contribution is 2.20. The van der Waals surface area contributed by atoms with Crippen LogP contribution in [0.4, 0.5) is 0 Å². The zero-order valence-corrected chi connectivity index (χ0v) is 15.6. The maximum absolute atomic E-state index is 12.6. The SMILES string of the molecule is Cn1cc(C(=O)Cn2cc(S(=O)(=O)N3CCCC3)ccc2=O)cc1C(N)=O. The van der Waals surface area contributed by atoms with Crippen molar-refractivity contribution in [2.24, 2.45) is 12.8 Å². The first-order chi connectivity index (χ1) is 12.7. The third-order valence-electron chi connectivity index (χ3n) is 4.55. The highest BCUT2D eigenvalue weighted by atomic mass is 32.2. The van der Waals surface area contributed by atoms with Crippen LogP contribution in [0.5, 0.6) is 0 Å². The lowest BCUT2D eigenvalue weighted by molar-refractivity contribution is 0.0969. The van der Waals surface area contributed by atoms with Crippen molar-refractivity contribution in [2.45, 2.75) is 24.3 Å². The molecule has 2 aromatic heterocycles. The van der Waals surface area contributed by atoms with Crippen LogP contribution in [0.1, 0.15) is 33.7 Å². The number of nitrogens with two attached hydrogens (primary N) is 1. The molecule has 0 saturated carbocycles. The summed E-state index contributed by atoms with van der Waals surface area (Å²) >= 11 is 0. The van der Waals surface area contributed by atoms with Gasteiger partial charge in [0.05, 0.1) is 11.4 Å². The Morgan fingerprint density at radius 2 is 1.81 bits per heavy atom. The smallest absolute Gasteiger partial charge is 0.265 e. The summed E-state index contributed by atoms with van der Waals surface area (Å²) < 4.78 is 29.1. The summed E-state index contributed by atoms with van der Waals surface area (Å²) in [6.07, 6.45) is 4.23. The van der Waals surface area contributed by atoms with Crippen LogP contribution in [0.3, 0.4) is 0 Å². The van der Waals surface area contributed by atoms with E-state index >= 15 is 0 Å². The molecule has 9 nitrogen and oxygen atoms in total. The van der Waals surface area contributed by atoms with E-state index in [2.05, 4.69) is 0 Å². The third kappa shape index (κ3) is 3.71. The highest BCUT2D eigenvalue weighted by Gasteiger charge is 2.27. The van der Waals surface area contributed by atoms with E-state index in [1.807, 2.05) is 0 Å². The van der Waals surface area contributed by atoms with Gasteiger partial charge in [-0.1, -0.05) is 0 Å². The van der Waals surface area contributed by atoms with Crippen molar-refractivity contribution in [2.75, 3.05) is 13.1 Å². The van der Waals surface area contributed by atoms with Crippen LogP contribution in [0, 0.1) is 0 Å². The lowest BCUT2D eigenvalue weighted by Gasteiger charge is -2.16. The molecule has 0 aliphatic carbocycles. The number of carbonyl (C=O) groups excluding carboxylic acids is 2. The van der Waals surface area contributed by atoms with E-state index < -0.39 is 27.3 Å². The second kappa shape index (κ2) is 7.12. The third-order valence-corrected chi connectivity index (χ3v) is 6.43. The number of ketones is 1. The van der Waals surface area contributed by atoms with Crippen LogP contribution in [0.15, 0.2) is 40.3 Å². The minimum absolute atomic E-state index is 0.0253. The Balaban J connectivity index is 1.89. The number of sulfonamides is 1. The van der Waals surface area contributed by atoms with Gasteiger partial charge in [0, 0.05) is 44.2 Å². The Morgan fingerprint density at radius 3 is 2.41 bits per heavy atom. The number of aromatic nitrogens is 2. The second-order valence-corrected chi connectivity index (χ2v) is 8.39. The Labute approximate surface area is 156 Å². The number of Topliss-reactive ketones (excluding diaryl/α,β-unsaturated/α-hetero) is 1. The molecule has 0 bridgehead atoms. The first kappa shape index (κ1) is 19.1. The lowest BCUT2D eigenvalue weighted by atomic mass is 10.2. The van der Waals surface area contributed by atoms with Crippen molar-refractivity contribution in [1.29, 1.82) is 0 Å². The summed E-state index contributed by atoms with van der Waals surface area (Å²) in [7, 11) is -2.12. The van der Waals surface area contributed by atoms with E-state index in [9.17, 15) is 22.8 Å². The molecule has 1 amide bonds. The van der Waals surface area contributed by atoms with Gasteiger partial charge in [0.15, 0.2) is 5.78 Å². The van der Waals surface area contributed by atoms with Crippen LogP contribution in [-0.4, -0.2) is 46.6 Å². The molecule has 1 aliphatic rings. The monoisotopic (exact) mass is 392 g/mol. The van der Waals surface area contributed by atoms with E-state index in [1.54, 1.807) is 7.05 Å². The maximum Gasteiger partial charge on any atom is 0.265 e. The summed E-state index contributed by atoms with van der Waals surface area (Å²) in [5.74, 6) is -1.11. The molecule has 10 heteroatoms. The van der Waals surface area contributed by atoms with Crippen LogP contribution in [-0.2, 0) is 23.6 Å². The summed E-state index contributed by atoms with van der Waals surface area (Å²) in [6, 6.07) is 3.74. The minimum Gasteiger partial charge on any atom is -0.364 e. The van der Waals surface area contributed by atoms with Gasteiger partial charge in [-0.25, -0.2) is 8.42 Å². The lowest BCUT2D eigenvalue weighted by Crippen LogP contribution is -2.30. The van der Waals surface area contributed by atoms with Crippen molar-refractivity contribution in [3.63, 3.8) is 0 Å². The molecule has 0 aromatic carbocycles. The van der Waals surface area contributed by atoms with Gasteiger partial charge in [0.2, 0.25) is 10.0 Å². The van der Waals surface area contributed by atoms with E-state index in [0.29, 0.717) is 13.1 Å². The number of nitrogens with zero attached hydrogens (tertiary/aromatic N) is 3. The summed E-state index contributed by atoms with van der Waals surface area (Å²) in [6.45, 7) is 0.547. The van der Waals surface area contributed by atoms with Crippen LogP contribution < -0.4 is 11.3 Å². The molecule has 1 saturated heterocycles. The molecular weight excluding hydrogens is 372 g/mol. The van der Waals surface area contributed by atoms with Crippen LogP contribution in [0.25, 0.3) is 0 Å². The van der Waals surface area contributed by atoms with Gasteiger partial charge >= 0.3 is 0 Å². The Hall–Kier alpha value is -2.72. The quantitative estimate of drug-likeness (QED) is 0.690. The Morgan fingerprint density at radius 1 is 1.15 bits per heavy atom. The number of aryl methyl sites for hydroxylation is 1. The van der Waals surface area contributed by atoms with Crippen molar-refractivity contribution in [3.8, 4) is 0 Å². The van der Waals surface area contributed by atoms with Gasteiger partial charge in [-0.15, -0.1) is 0 Å². The van der Waals surface area contributed by atoms with Gasteiger partial charge in [-0.05, 0) is 25.0 Å². The first-order valence-corrected chi connectivity index (χ1v) is 9.84. The maximum atomic E-state index is 12.6. The van der Waals surface area contributed by atoms with Gasteiger partial charge in [0.1, 0.15) is 5.69 Å². The molecule has 144 valence electrons. The molecule has 0 radical (unpaired) electrons. The fourth-order valence-corrected chi connectivity index (χ4v) is 4.61. The van der Waals surface area contributed by atoms with Gasteiger partial charge in [0.25, 0.3) is 11.5 Å². The minimum atomic E-state index is -3.70. The number of hydrogen-bond donors (Lipinski definition) is 1. The molecule has 0 unspecified atom stereocenters. The molecule has 0 spiro atoms. The average Bonchev–Trinajstić information content (AvgIpc) is 3.26. The van der Waals surface area contributed by atoms with E-state index in [1.165, 1.54) is 33.4 Å². The number of carbonyl (C=O) groups is 2. The summed E-state index contributed by atoms with van der Waals surface area (Å²) in [5, 5.41) is 0. The fourth-order valence-electron chi connectivity index (χ4n) is 3.07. The van der Waals surface area contributed by atoms with Crippen molar-refractivity contribution >= 4 is 21.7 Å². The molecule has 0 atom stereocenters. The van der Waals surface area contributed by atoms with Crippen molar-refractivity contribution in [3.05, 3.63) is 52.2 Å². The fraction of sp³-hybridized carbons (Fsp3) is 0.353. The van der Waals surface area contributed by atoms with Crippen LogP contribution in [0.2, 0.25) is 0 Å². The van der Waals surface area contributed by atoms with Crippen molar-refractivity contribution < 1.29 is 18.0 Å².